The number of aliphatic hydroxyl groups is 1. The summed E-state index contributed by atoms with van der Waals surface area (Å²) in [5.74, 6) is 0.830. The van der Waals surface area contributed by atoms with E-state index in [9.17, 15) is 5.11 Å². The van der Waals surface area contributed by atoms with Crippen LogP contribution in [-0.2, 0) is 0 Å². The monoisotopic (exact) mass is 312 g/mol. The lowest BCUT2D eigenvalue weighted by molar-refractivity contribution is -0.00847. The fourth-order valence-corrected chi connectivity index (χ4v) is 2.98. The minimum Gasteiger partial charge on any atom is -0.487 e. The molecule has 2 nitrogen and oxygen atoms in total. The van der Waals surface area contributed by atoms with Gasteiger partial charge in [0.2, 0.25) is 0 Å². The Hall–Kier alpha value is -0.540. The molecular formula is C15H21BrO2. The average Bonchev–Trinajstić information content (AvgIpc) is 2.31. The molecule has 1 aromatic rings. The number of hydrogen-bond donors (Lipinski definition) is 1. The molecule has 2 atom stereocenters. The molecule has 0 aromatic heterocycles. The molecule has 18 heavy (non-hydrogen) atoms. The number of fused-ring (bicyclic) bond motifs is 1. The second kappa shape index (κ2) is 5.62. The van der Waals surface area contributed by atoms with Crippen LogP contribution in [0.25, 0.3) is 0 Å². The molecule has 0 saturated carbocycles. The fraction of sp³-hybridized carbons (Fsp3) is 0.600. The molecular weight excluding hydrogens is 292 g/mol. The molecule has 1 unspecified atom stereocenters. The first-order valence-corrected chi connectivity index (χ1v) is 7.50. The minimum absolute atomic E-state index is 0.227. The van der Waals surface area contributed by atoms with E-state index in [1.807, 2.05) is 18.2 Å². The molecule has 0 bridgehead atoms. The normalized spacial score (nSPS) is 26.6. The molecule has 0 aliphatic carbocycles. The minimum atomic E-state index is -0.419. The predicted molar refractivity (Wildman–Crippen MR) is 76.9 cm³/mol. The van der Waals surface area contributed by atoms with Gasteiger partial charge in [-0.15, -0.1) is 0 Å². The molecule has 1 heterocycles. The van der Waals surface area contributed by atoms with E-state index in [1.54, 1.807) is 0 Å². The highest BCUT2D eigenvalue weighted by Gasteiger charge is 2.36. The van der Waals surface area contributed by atoms with Gasteiger partial charge in [0.1, 0.15) is 11.4 Å². The molecule has 1 aromatic carbocycles. The van der Waals surface area contributed by atoms with E-state index in [0.29, 0.717) is 6.42 Å². The van der Waals surface area contributed by atoms with Gasteiger partial charge < -0.3 is 9.84 Å². The van der Waals surface area contributed by atoms with E-state index < -0.39 is 6.10 Å². The Labute approximate surface area is 117 Å². The Kier molecular flexibility index (Phi) is 4.33. The van der Waals surface area contributed by atoms with Gasteiger partial charge in [-0.25, -0.2) is 0 Å². The van der Waals surface area contributed by atoms with Gasteiger partial charge in [0.15, 0.2) is 0 Å². The lowest BCUT2D eigenvalue weighted by atomic mass is 9.86. The molecule has 0 fully saturated rings. The van der Waals surface area contributed by atoms with Crippen molar-refractivity contribution in [3.05, 3.63) is 28.2 Å². The number of ether oxygens (including phenoxy) is 1. The van der Waals surface area contributed by atoms with Crippen molar-refractivity contribution in [1.82, 2.24) is 0 Å². The molecule has 1 aliphatic heterocycles. The fourth-order valence-electron chi connectivity index (χ4n) is 2.60. The average molecular weight is 313 g/mol. The van der Waals surface area contributed by atoms with E-state index in [1.165, 1.54) is 12.8 Å². The molecule has 1 aliphatic rings. The maximum absolute atomic E-state index is 10.3. The summed E-state index contributed by atoms with van der Waals surface area (Å²) in [5.41, 5.74) is 0.674. The predicted octanol–water partition coefficient (Wildman–Crippen LogP) is 4.60. The zero-order chi connectivity index (χ0) is 13.2. The molecule has 0 saturated heterocycles. The van der Waals surface area contributed by atoms with Gasteiger partial charge in [-0.05, 0) is 38.0 Å². The van der Waals surface area contributed by atoms with Gasteiger partial charge in [-0.3, -0.25) is 0 Å². The highest BCUT2D eigenvalue weighted by Crippen LogP contribution is 2.42. The first-order valence-electron chi connectivity index (χ1n) is 6.70. The van der Waals surface area contributed by atoms with E-state index >= 15 is 0 Å². The van der Waals surface area contributed by atoms with Crippen molar-refractivity contribution in [3.8, 4) is 5.75 Å². The third-order valence-electron chi connectivity index (χ3n) is 3.62. The van der Waals surface area contributed by atoms with Gasteiger partial charge in [-0.1, -0.05) is 35.7 Å². The van der Waals surface area contributed by atoms with Crippen molar-refractivity contribution in [2.75, 3.05) is 0 Å². The van der Waals surface area contributed by atoms with E-state index in [2.05, 4.69) is 29.8 Å². The van der Waals surface area contributed by atoms with Crippen molar-refractivity contribution in [3.63, 3.8) is 0 Å². The number of halogens is 1. The summed E-state index contributed by atoms with van der Waals surface area (Å²) < 4.78 is 7.10. The van der Waals surface area contributed by atoms with Crippen LogP contribution in [0.4, 0.5) is 0 Å². The van der Waals surface area contributed by atoms with Gasteiger partial charge in [0.25, 0.3) is 0 Å². The zero-order valence-electron chi connectivity index (χ0n) is 11.1. The zero-order valence-corrected chi connectivity index (χ0v) is 12.7. The third-order valence-corrected chi connectivity index (χ3v) is 4.11. The van der Waals surface area contributed by atoms with Crippen LogP contribution in [0.2, 0.25) is 0 Å². The van der Waals surface area contributed by atoms with Gasteiger partial charge >= 0.3 is 0 Å². The van der Waals surface area contributed by atoms with E-state index in [-0.39, 0.29) is 5.60 Å². The summed E-state index contributed by atoms with van der Waals surface area (Å²) in [6.45, 7) is 4.31. The largest absolute Gasteiger partial charge is 0.487 e. The summed E-state index contributed by atoms with van der Waals surface area (Å²) in [7, 11) is 0. The number of benzene rings is 1. The Balaban J connectivity index is 2.14. The number of unbranched alkanes of at least 4 members (excludes halogenated alkanes) is 2. The molecule has 2 rings (SSSR count). The van der Waals surface area contributed by atoms with E-state index in [4.69, 9.17) is 4.74 Å². The smallest absolute Gasteiger partial charge is 0.126 e. The summed E-state index contributed by atoms with van der Waals surface area (Å²) in [6.07, 6.45) is 4.86. The lowest BCUT2D eigenvalue weighted by Gasteiger charge is -2.38. The highest BCUT2D eigenvalue weighted by atomic mass is 79.9. The lowest BCUT2D eigenvalue weighted by Crippen LogP contribution is -2.38. The van der Waals surface area contributed by atoms with Crippen molar-refractivity contribution < 1.29 is 9.84 Å². The van der Waals surface area contributed by atoms with Gasteiger partial charge in [-0.2, -0.15) is 0 Å². The molecule has 0 amide bonds. The van der Waals surface area contributed by atoms with Gasteiger partial charge in [0, 0.05) is 16.5 Å². The molecule has 0 spiro atoms. The van der Waals surface area contributed by atoms with Crippen molar-refractivity contribution in [2.24, 2.45) is 0 Å². The van der Waals surface area contributed by atoms with Crippen molar-refractivity contribution >= 4 is 15.9 Å². The molecule has 100 valence electrons. The van der Waals surface area contributed by atoms with Crippen LogP contribution in [0.5, 0.6) is 5.75 Å². The van der Waals surface area contributed by atoms with Gasteiger partial charge in [0.05, 0.1) is 6.10 Å². The third kappa shape index (κ3) is 3.07. The van der Waals surface area contributed by atoms with Crippen molar-refractivity contribution in [2.45, 2.75) is 57.7 Å². The highest BCUT2D eigenvalue weighted by molar-refractivity contribution is 9.10. The SMILES string of the molecule is CCCCCC1(C)C[C@@H](O)c2cc(Br)ccc2O1. The Morgan fingerprint density at radius 1 is 1.44 bits per heavy atom. The first kappa shape index (κ1) is 13.9. The summed E-state index contributed by atoms with van der Waals surface area (Å²) in [6, 6.07) is 5.86. The number of aliphatic hydroxyl groups excluding tert-OH is 1. The van der Waals surface area contributed by atoms with Crippen LogP contribution >= 0.6 is 15.9 Å². The maximum atomic E-state index is 10.3. The van der Waals surface area contributed by atoms with Crippen LogP contribution in [-0.4, -0.2) is 10.7 Å². The topological polar surface area (TPSA) is 29.5 Å². The van der Waals surface area contributed by atoms with Crippen LogP contribution in [0.3, 0.4) is 0 Å². The summed E-state index contributed by atoms with van der Waals surface area (Å²) >= 11 is 3.43. The maximum Gasteiger partial charge on any atom is 0.126 e. The summed E-state index contributed by atoms with van der Waals surface area (Å²) in [4.78, 5) is 0. The first-order chi connectivity index (χ1) is 8.54. The van der Waals surface area contributed by atoms with E-state index in [0.717, 1.165) is 28.6 Å². The number of hydrogen-bond acceptors (Lipinski definition) is 2. The summed E-state index contributed by atoms with van der Waals surface area (Å²) in [5, 5.41) is 10.3. The van der Waals surface area contributed by atoms with Crippen LogP contribution < -0.4 is 4.74 Å². The molecule has 0 radical (unpaired) electrons. The quantitative estimate of drug-likeness (QED) is 0.823. The standard InChI is InChI=1S/C15H21BrO2/c1-3-4-5-8-15(2)10-13(17)12-9-11(16)6-7-14(12)18-15/h6-7,9,13,17H,3-5,8,10H2,1-2H3/t13-,15?/m1/s1. The number of rotatable bonds is 4. The van der Waals surface area contributed by atoms with Crippen molar-refractivity contribution in [1.29, 1.82) is 0 Å². The second-order valence-electron chi connectivity index (χ2n) is 5.41. The second-order valence-corrected chi connectivity index (χ2v) is 6.33. The Bertz CT molecular complexity index is 419. The van der Waals surface area contributed by atoms with Crippen LogP contribution in [0, 0.1) is 0 Å². The molecule has 3 heteroatoms. The van der Waals surface area contributed by atoms with Crippen LogP contribution in [0.15, 0.2) is 22.7 Å². The Morgan fingerprint density at radius 2 is 2.22 bits per heavy atom. The molecule has 1 N–H and O–H groups in total. The van der Waals surface area contributed by atoms with Crippen LogP contribution in [0.1, 0.15) is 57.6 Å². The Morgan fingerprint density at radius 3 is 2.94 bits per heavy atom.